The molecule has 0 saturated carbocycles. The number of aromatic amines is 1. The van der Waals surface area contributed by atoms with Crippen molar-refractivity contribution in [1.29, 1.82) is 0 Å². The van der Waals surface area contributed by atoms with E-state index in [1.165, 1.54) is 7.11 Å². The van der Waals surface area contributed by atoms with Crippen molar-refractivity contribution in [2.75, 3.05) is 38.6 Å². The smallest absolute Gasteiger partial charge is 0.322 e. The van der Waals surface area contributed by atoms with E-state index in [1.54, 1.807) is 46.6 Å². The van der Waals surface area contributed by atoms with E-state index in [1.807, 2.05) is 6.07 Å². The fourth-order valence-corrected chi connectivity index (χ4v) is 3.14. The van der Waals surface area contributed by atoms with Crippen LogP contribution in [0.25, 0.3) is 11.0 Å². The summed E-state index contributed by atoms with van der Waals surface area (Å²) >= 11 is 0. The molecule has 0 aliphatic carbocycles. The number of rotatable bonds is 3. The Morgan fingerprint density at radius 2 is 1.86 bits per heavy atom. The molecule has 0 unspecified atom stereocenters. The second kappa shape index (κ2) is 7.55. The number of H-pyrrole nitrogens is 1. The van der Waals surface area contributed by atoms with E-state index in [-0.39, 0.29) is 11.9 Å². The lowest BCUT2D eigenvalue weighted by Gasteiger charge is -2.34. The van der Waals surface area contributed by atoms with E-state index in [2.05, 4.69) is 20.3 Å². The summed E-state index contributed by atoms with van der Waals surface area (Å²) in [5.74, 6) is 0.439. The van der Waals surface area contributed by atoms with Gasteiger partial charge < -0.3 is 24.8 Å². The Labute approximate surface area is 161 Å². The third-order valence-corrected chi connectivity index (χ3v) is 4.72. The molecule has 3 amide bonds. The summed E-state index contributed by atoms with van der Waals surface area (Å²) < 4.78 is 5.00. The monoisotopic (exact) mass is 380 g/mol. The van der Waals surface area contributed by atoms with Crippen molar-refractivity contribution in [3.8, 4) is 5.88 Å². The summed E-state index contributed by atoms with van der Waals surface area (Å²) in [5, 5.41) is 2.81. The lowest BCUT2D eigenvalue weighted by molar-refractivity contribution is 0.0672. The number of hydrogen-bond acceptors (Lipinski definition) is 5. The van der Waals surface area contributed by atoms with Crippen LogP contribution < -0.4 is 10.1 Å². The van der Waals surface area contributed by atoms with Crippen molar-refractivity contribution in [2.24, 2.45) is 0 Å². The highest BCUT2D eigenvalue weighted by molar-refractivity contribution is 5.97. The SMILES string of the molecule is COc1ccc(NC(=O)N2CCN(C(=O)c3ccc4nc[nH]c4c3)CC2)cn1. The Hall–Kier alpha value is -3.62. The minimum atomic E-state index is -0.210. The minimum Gasteiger partial charge on any atom is -0.481 e. The van der Waals surface area contributed by atoms with Crippen LogP contribution in [0.3, 0.4) is 0 Å². The van der Waals surface area contributed by atoms with Crippen LogP contribution in [0.4, 0.5) is 10.5 Å². The third-order valence-electron chi connectivity index (χ3n) is 4.72. The second-order valence-corrected chi connectivity index (χ2v) is 6.43. The number of piperazine rings is 1. The van der Waals surface area contributed by atoms with Gasteiger partial charge in [0.15, 0.2) is 0 Å². The Morgan fingerprint density at radius 1 is 1.07 bits per heavy atom. The number of nitrogens with one attached hydrogen (secondary N) is 2. The van der Waals surface area contributed by atoms with Crippen LogP contribution in [0.1, 0.15) is 10.4 Å². The Kier molecular flexibility index (Phi) is 4.79. The van der Waals surface area contributed by atoms with Crippen LogP contribution in [0.2, 0.25) is 0 Å². The molecule has 3 heterocycles. The van der Waals surface area contributed by atoms with Gasteiger partial charge in [0.25, 0.3) is 5.91 Å². The van der Waals surface area contributed by atoms with E-state index in [4.69, 9.17) is 4.74 Å². The van der Waals surface area contributed by atoms with Gasteiger partial charge in [-0.05, 0) is 24.3 Å². The van der Waals surface area contributed by atoms with Crippen LogP contribution in [0.15, 0.2) is 42.9 Å². The molecule has 1 aliphatic heterocycles. The highest BCUT2D eigenvalue weighted by atomic mass is 16.5. The summed E-state index contributed by atoms with van der Waals surface area (Å²) in [6.45, 7) is 1.89. The van der Waals surface area contributed by atoms with E-state index < -0.39 is 0 Å². The largest absolute Gasteiger partial charge is 0.481 e. The number of aromatic nitrogens is 3. The molecular weight excluding hydrogens is 360 g/mol. The molecule has 9 heteroatoms. The molecule has 3 aromatic rings. The first kappa shape index (κ1) is 17.8. The zero-order valence-electron chi connectivity index (χ0n) is 15.4. The molecule has 0 atom stereocenters. The van der Waals surface area contributed by atoms with Crippen molar-refractivity contribution < 1.29 is 14.3 Å². The normalized spacial score (nSPS) is 14.2. The summed E-state index contributed by atoms with van der Waals surface area (Å²) in [5.41, 5.74) is 2.86. The number of nitrogens with zero attached hydrogens (tertiary/aromatic N) is 4. The lowest BCUT2D eigenvalue weighted by atomic mass is 10.1. The maximum Gasteiger partial charge on any atom is 0.322 e. The highest BCUT2D eigenvalue weighted by Gasteiger charge is 2.25. The van der Waals surface area contributed by atoms with Crippen LogP contribution in [-0.4, -0.2) is 70.0 Å². The van der Waals surface area contributed by atoms with E-state index in [0.717, 1.165) is 11.0 Å². The predicted molar refractivity (Wildman–Crippen MR) is 103 cm³/mol. The number of pyridine rings is 1. The number of ether oxygens (including phenoxy) is 1. The third kappa shape index (κ3) is 3.59. The Balaban J connectivity index is 1.34. The number of urea groups is 1. The number of carbonyl (C=O) groups is 2. The van der Waals surface area contributed by atoms with Gasteiger partial charge in [0, 0.05) is 37.8 Å². The molecule has 1 aliphatic rings. The van der Waals surface area contributed by atoms with Gasteiger partial charge in [0.1, 0.15) is 0 Å². The number of fused-ring (bicyclic) bond motifs is 1. The quantitative estimate of drug-likeness (QED) is 0.723. The molecule has 0 bridgehead atoms. The first-order valence-electron chi connectivity index (χ1n) is 8.92. The minimum absolute atomic E-state index is 0.0455. The average molecular weight is 380 g/mol. The van der Waals surface area contributed by atoms with Crippen molar-refractivity contribution >= 4 is 28.7 Å². The van der Waals surface area contributed by atoms with Gasteiger partial charge in [-0.1, -0.05) is 0 Å². The molecule has 9 nitrogen and oxygen atoms in total. The number of methoxy groups -OCH3 is 1. The number of anilines is 1. The molecule has 4 rings (SSSR count). The topological polar surface area (TPSA) is 103 Å². The lowest BCUT2D eigenvalue weighted by Crippen LogP contribution is -2.51. The summed E-state index contributed by atoms with van der Waals surface area (Å²) in [4.78, 5) is 39.9. The molecule has 0 radical (unpaired) electrons. The molecule has 144 valence electrons. The zero-order chi connectivity index (χ0) is 19.5. The molecule has 28 heavy (non-hydrogen) atoms. The number of imidazole rings is 1. The maximum atomic E-state index is 12.7. The fourth-order valence-electron chi connectivity index (χ4n) is 3.14. The number of carbonyl (C=O) groups excluding carboxylic acids is 2. The predicted octanol–water partition coefficient (Wildman–Crippen LogP) is 1.96. The van der Waals surface area contributed by atoms with Gasteiger partial charge in [0.2, 0.25) is 5.88 Å². The first-order chi connectivity index (χ1) is 13.6. The number of hydrogen-bond donors (Lipinski definition) is 2. The summed E-state index contributed by atoms with van der Waals surface area (Å²) in [6, 6.07) is 8.61. The van der Waals surface area contributed by atoms with E-state index >= 15 is 0 Å². The number of amides is 3. The van der Waals surface area contributed by atoms with Crippen LogP contribution in [-0.2, 0) is 0 Å². The number of benzene rings is 1. The molecular formula is C19H20N6O3. The molecule has 1 aromatic carbocycles. The Morgan fingerprint density at radius 3 is 2.57 bits per heavy atom. The fraction of sp³-hybridized carbons (Fsp3) is 0.263. The van der Waals surface area contributed by atoms with Gasteiger partial charge in [-0.3, -0.25) is 4.79 Å². The summed E-state index contributed by atoms with van der Waals surface area (Å²) in [6.07, 6.45) is 3.15. The molecule has 1 saturated heterocycles. The van der Waals surface area contributed by atoms with Crippen molar-refractivity contribution in [2.45, 2.75) is 0 Å². The second-order valence-electron chi connectivity index (χ2n) is 6.43. The van der Waals surface area contributed by atoms with Crippen molar-refractivity contribution in [1.82, 2.24) is 24.8 Å². The molecule has 2 N–H and O–H groups in total. The standard InChI is InChI=1S/C19H20N6O3/c1-28-17-5-3-14(11-20-17)23-19(27)25-8-6-24(7-9-25)18(26)13-2-4-15-16(10-13)22-12-21-15/h2-5,10-12H,6-9H2,1H3,(H,21,22)(H,23,27). The molecule has 1 fully saturated rings. The van der Waals surface area contributed by atoms with Gasteiger partial charge in [-0.15, -0.1) is 0 Å². The van der Waals surface area contributed by atoms with E-state index in [0.29, 0.717) is 43.3 Å². The van der Waals surface area contributed by atoms with E-state index in [9.17, 15) is 9.59 Å². The first-order valence-corrected chi connectivity index (χ1v) is 8.92. The van der Waals surface area contributed by atoms with Crippen LogP contribution in [0, 0.1) is 0 Å². The van der Waals surface area contributed by atoms with Crippen LogP contribution >= 0.6 is 0 Å². The Bertz CT molecular complexity index is 992. The van der Waals surface area contributed by atoms with Gasteiger partial charge in [0.05, 0.1) is 36.4 Å². The van der Waals surface area contributed by atoms with Gasteiger partial charge in [-0.25, -0.2) is 14.8 Å². The van der Waals surface area contributed by atoms with Crippen LogP contribution in [0.5, 0.6) is 5.88 Å². The van der Waals surface area contributed by atoms with Crippen molar-refractivity contribution in [3.63, 3.8) is 0 Å². The van der Waals surface area contributed by atoms with Gasteiger partial charge in [-0.2, -0.15) is 0 Å². The molecule has 2 aromatic heterocycles. The zero-order valence-corrected chi connectivity index (χ0v) is 15.4. The van der Waals surface area contributed by atoms with Crippen molar-refractivity contribution in [3.05, 3.63) is 48.4 Å². The maximum absolute atomic E-state index is 12.7. The van der Waals surface area contributed by atoms with Gasteiger partial charge >= 0.3 is 6.03 Å². The average Bonchev–Trinajstić information content (AvgIpc) is 3.22. The molecule has 0 spiro atoms. The summed E-state index contributed by atoms with van der Waals surface area (Å²) in [7, 11) is 1.54. The highest BCUT2D eigenvalue weighted by Crippen LogP contribution is 2.16.